The lowest BCUT2D eigenvalue weighted by Crippen LogP contribution is -2.46. The largest absolute Gasteiger partial charge is 0.461 e. The molecule has 2 amide bonds. The van der Waals surface area contributed by atoms with E-state index in [4.69, 9.17) is 19.0 Å². The molecule has 0 aliphatic carbocycles. The molecule has 41 heavy (non-hydrogen) atoms. The van der Waals surface area contributed by atoms with Gasteiger partial charge in [0.25, 0.3) is 0 Å². The zero-order chi connectivity index (χ0) is 29.2. The third kappa shape index (κ3) is 8.30. The average molecular weight is 627 g/mol. The van der Waals surface area contributed by atoms with Gasteiger partial charge in [0, 0.05) is 20.0 Å². The first-order chi connectivity index (χ1) is 19.9. The van der Waals surface area contributed by atoms with Crippen LogP contribution in [0.2, 0.25) is 0 Å². The number of halogens is 1. The summed E-state index contributed by atoms with van der Waals surface area (Å²) in [7, 11) is 0. The van der Waals surface area contributed by atoms with Crippen LogP contribution in [0.3, 0.4) is 0 Å². The van der Waals surface area contributed by atoms with Crippen molar-refractivity contribution in [3.8, 4) is 0 Å². The Morgan fingerprint density at radius 2 is 1.68 bits per heavy atom. The van der Waals surface area contributed by atoms with Gasteiger partial charge in [0.2, 0.25) is 5.91 Å². The van der Waals surface area contributed by atoms with Crippen molar-refractivity contribution >= 4 is 33.9 Å². The van der Waals surface area contributed by atoms with Crippen LogP contribution >= 0.6 is 15.9 Å². The smallest absolute Gasteiger partial charge is 0.416 e. The number of benzene rings is 2. The van der Waals surface area contributed by atoms with Crippen molar-refractivity contribution in [1.82, 2.24) is 4.90 Å². The molecule has 1 aliphatic heterocycles. The Morgan fingerprint density at radius 1 is 1.02 bits per heavy atom. The Bertz CT molecular complexity index is 1290. The van der Waals surface area contributed by atoms with E-state index in [2.05, 4.69) is 15.9 Å². The number of hydrogen-bond acceptors (Lipinski definition) is 7. The number of aliphatic hydroxyl groups excluding tert-OH is 1. The summed E-state index contributed by atoms with van der Waals surface area (Å²) in [6.45, 7) is 1.55. The quantitative estimate of drug-likeness (QED) is 0.168. The molecular formula is C32H36BrNO7. The number of aryl methyl sites for hydroxylation is 1. The van der Waals surface area contributed by atoms with Crippen LogP contribution in [0.25, 0.3) is 0 Å². The molecule has 1 fully saturated rings. The van der Waals surface area contributed by atoms with Gasteiger partial charge in [0.15, 0.2) is 6.10 Å². The van der Waals surface area contributed by atoms with Gasteiger partial charge >= 0.3 is 12.1 Å². The summed E-state index contributed by atoms with van der Waals surface area (Å²) in [6.07, 6.45) is 3.00. The van der Waals surface area contributed by atoms with Crippen molar-refractivity contribution in [2.75, 3.05) is 13.2 Å². The minimum Gasteiger partial charge on any atom is -0.461 e. The SMILES string of the molecule is CC(=O)O[C@H](c1cc(Br)c(CCCCCCO)o1)[C@H](Cc1ccccc1)C(=O)N1C(=O)OC[C@@H]1Cc1ccccc1. The van der Waals surface area contributed by atoms with Crippen molar-refractivity contribution < 1.29 is 33.4 Å². The number of aliphatic hydroxyl groups is 1. The normalized spacial score (nSPS) is 16.3. The van der Waals surface area contributed by atoms with E-state index in [1.807, 2.05) is 60.7 Å². The van der Waals surface area contributed by atoms with Gasteiger partial charge in [-0.2, -0.15) is 0 Å². The molecule has 3 atom stereocenters. The van der Waals surface area contributed by atoms with Crippen molar-refractivity contribution in [2.24, 2.45) is 5.92 Å². The highest BCUT2D eigenvalue weighted by Gasteiger charge is 2.45. The summed E-state index contributed by atoms with van der Waals surface area (Å²) in [5, 5.41) is 9.02. The molecule has 218 valence electrons. The molecule has 9 heteroatoms. The topological polar surface area (TPSA) is 106 Å². The third-order valence-corrected chi connectivity index (χ3v) is 7.83. The van der Waals surface area contributed by atoms with Gasteiger partial charge in [-0.05, 0) is 58.8 Å². The lowest BCUT2D eigenvalue weighted by Gasteiger charge is -2.29. The molecule has 3 aromatic rings. The van der Waals surface area contributed by atoms with Gasteiger partial charge in [-0.25, -0.2) is 9.69 Å². The van der Waals surface area contributed by atoms with E-state index in [1.165, 1.54) is 11.8 Å². The van der Waals surface area contributed by atoms with E-state index in [0.29, 0.717) is 24.4 Å². The van der Waals surface area contributed by atoms with E-state index in [-0.39, 0.29) is 19.6 Å². The molecule has 8 nitrogen and oxygen atoms in total. The number of esters is 1. The summed E-state index contributed by atoms with van der Waals surface area (Å²) in [5.74, 6) is -0.973. The van der Waals surface area contributed by atoms with Crippen LogP contribution in [0.4, 0.5) is 4.79 Å². The van der Waals surface area contributed by atoms with E-state index < -0.39 is 36.0 Å². The number of furan rings is 1. The number of amides is 2. The van der Waals surface area contributed by atoms with E-state index >= 15 is 0 Å². The molecule has 4 rings (SSSR count). The standard InChI is InChI=1S/C32H36BrNO7/c1-22(36)40-30(29-20-27(33)28(41-29)16-10-2-3-11-17-35)26(19-24-14-8-5-9-15-24)31(37)34-25(21-39-32(34)38)18-23-12-6-4-7-13-23/h4-9,12-15,20,25-26,30,35H,2-3,10-11,16-19,21H2,1H3/t25-,26-,30-/m0/s1. The number of unbranched alkanes of at least 4 members (excludes halogenated alkanes) is 3. The number of carbonyl (C=O) groups excluding carboxylic acids is 3. The Kier molecular flexibility index (Phi) is 11.2. The van der Waals surface area contributed by atoms with Crippen LogP contribution in [0.15, 0.2) is 75.6 Å². The van der Waals surface area contributed by atoms with Crippen molar-refractivity contribution in [1.29, 1.82) is 0 Å². The summed E-state index contributed by atoms with van der Waals surface area (Å²) in [5.41, 5.74) is 1.83. The number of ether oxygens (including phenoxy) is 2. The Labute approximate surface area is 248 Å². The van der Waals surface area contributed by atoms with Crippen LogP contribution in [-0.4, -0.2) is 47.2 Å². The van der Waals surface area contributed by atoms with Gasteiger partial charge in [-0.3, -0.25) is 9.59 Å². The van der Waals surface area contributed by atoms with Crippen molar-refractivity contribution in [3.05, 3.63) is 93.9 Å². The molecule has 2 aromatic carbocycles. The second kappa shape index (κ2) is 15.0. The van der Waals surface area contributed by atoms with E-state index in [0.717, 1.165) is 41.3 Å². The first-order valence-electron chi connectivity index (χ1n) is 14.0. The number of carbonyl (C=O) groups is 3. The van der Waals surface area contributed by atoms with Crippen LogP contribution in [0.5, 0.6) is 0 Å². The fourth-order valence-electron chi connectivity index (χ4n) is 5.14. The summed E-state index contributed by atoms with van der Waals surface area (Å²) >= 11 is 3.57. The lowest BCUT2D eigenvalue weighted by atomic mass is 9.90. The van der Waals surface area contributed by atoms with E-state index in [1.54, 1.807) is 6.07 Å². The highest BCUT2D eigenvalue weighted by Crippen LogP contribution is 2.37. The molecule has 1 aliphatic rings. The maximum Gasteiger partial charge on any atom is 0.416 e. The predicted octanol–water partition coefficient (Wildman–Crippen LogP) is 6.19. The molecule has 0 radical (unpaired) electrons. The molecule has 0 saturated carbocycles. The van der Waals surface area contributed by atoms with Gasteiger partial charge in [-0.1, -0.05) is 73.5 Å². The van der Waals surface area contributed by atoms with Crippen LogP contribution in [0, 0.1) is 5.92 Å². The number of imide groups is 1. The lowest BCUT2D eigenvalue weighted by molar-refractivity contribution is -0.155. The van der Waals surface area contributed by atoms with E-state index in [9.17, 15) is 14.4 Å². The highest BCUT2D eigenvalue weighted by molar-refractivity contribution is 9.10. The minimum atomic E-state index is -1.06. The Balaban J connectivity index is 1.65. The van der Waals surface area contributed by atoms with Crippen LogP contribution in [-0.2, 0) is 38.3 Å². The molecule has 1 aromatic heterocycles. The molecule has 0 spiro atoms. The predicted molar refractivity (Wildman–Crippen MR) is 156 cm³/mol. The average Bonchev–Trinajstić information content (AvgIpc) is 3.52. The maximum absolute atomic E-state index is 14.3. The van der Waals surface area contributed by atoms with Crippen LogP contribution in [0.1, 0.15) is 61.4 Å². The summed E-state index contributed by atoms with van der Waals surface area (Å²) in [4.78, 5) is 40.7. The zero-order valence-electron chi connectivity index (χ0n) is 23.2. The second-order valence-electron chi connectivity index (χ2n) is 10.3. The van der Waals surface area contributed by atoms with Crippen molar-refractivity contribution in [2.45, 2.75) is 64.0 Å². The molecule has 1 saturated heterocycles. The molecule has 0 bridgehead atoms. The fraction of sp³-hybridized carbons (Fsp3) is 0.406. The number of rotatable bonds is 14. The fourth-order valence-corrected chi connectivity index (χ4v) is 5.65. The van der Waals surface area contributed by atoms with Gasteiger partial charge in [0.05, 0.1) is 16.4 Å². The van der Waals surface area contributed by atoms with Gasteiger partial charge in [0.1, 0.15) is 18.1 Å². The van der Waals surface area contributed by atoms with Crippen LogP contribution < -0.4 is 0 Å². The van der Waals surface area contributed by atoms with Gasteiger partial charge in [-0.15, -0.1) is 0 Å². The second-order valence-corrected chi connectivity index (χ2v) is 11.1. The van der Waals surface area contributed by atoms with Crippen molar-refractivity contribution in [3.63, 3.8) is 0 Å². The Hall–Kier alpha value is -3.43. The first kappa shape index (κ1) is 30.5. The molecule has 1 N–H and O–H groups in total. The molecule has 0 unspecified atom stereocenters. The Morgan fingerprint density at radius 3 is 2.34 bits per heavy atom. The third-order valence-electron chi connectivity index (χ3n) is 7.16. The maximum atomic E-state index is 14.3. The molecule has 2 heterocycles. The summed E-state index contributed by atoms with van der Waals surface area (Å²) in [6, 6.07) is 20.3. The number of cyclic esters (lactones) is 1. The molecular weight excluding hydrogens is 590 g/mol. The number of hydrogen-bond donors (Lipinski definition) is 1. The summed E-state index contributed by atoms with van der Waals surface area (Å²) < 4.78 is 18.1. The minimum absolute atomic E-state index is 0.0858. The first-order valence-corrected chi connectivity index (χ1v) is 14.8. The monoisotopic (exact) mass is 625 g/mol. The number of nitrogens with zero attached hydrogens (tertiary/aromatic N) is 1. The highest BCUT2D eigenvalue weighted by atomic mass is 79.9. The zero-order valence-corrected chi connectivity index (χ0v) is 24.8. The van der Waals surface area contributed by atoms with Gasteiger partial charge < -0.3 is 19.0 Å².